The summed E-state index contributed by atoms with van der Waals surface area (Å²) in [4.78, 5) is 17.6. The molecule has 5 heterocycles. The SMILES string of the molecule is C#Cc1c(F)ccc2cc(N)cc(-c3ncc4c(N5CCOC[C@H]6[C@H](F)[C@H]65)nc(OC[C@@]56CCCN5C(C)(C)[C@H](F)C6)nc4c3F)c12. The normalized spacial score (nSPS) is 28.2. The van der Waals surface area contributed by atoms with Crippen LogP contribution in [0.2, 0.25) is 0 Å². The second kappa shape index (κ2) is 10.7. The Bertz CT molecular complexity index is 1980. The van der Waals surface area contributed by atoms with Crippen molar-refractivity contribution >= 4 is 33.2 Å². The minimum absolute atomic E-state index is 0.0458. The molecule has 1 saturated carbocycles. The zero-order chi connectivity index (χ0) is 32.8. The molecule has 2 N–H and O–H groups in total. The number of pyridine rings is 1. The third-order valence-corrected chi connectivity index (χ3v) is 10.7. The Hall–Kier alpha value is -4.21. The summed E-state index contributed by atoms with van der Waals surface area (Å²) in [6.07, 6.45) is 6.89. The second-order valence-corrected chi connectivity index (χ2v) is 13.7. The first-order valence-corrected chi connectivity index (χ1v) is 15.9. The first-order chi connectivity index (χ1) is 22.5. The van der Waals surface area contributed by atoms with Gasteiger partial charge >= 0.3 is 6.01 Å². The van der Waals surface area contributed by atoms with E-state index in [1.807, 2.05) is 13.8 Å². The third-order valence-electron chi connectivity index (χ3n) is 10.7. The minimum Gasteiger partial charge on any atom is -0.461 e. The molecule has 1 aliphatic carbocycles. The molecule has 5 atom stereocenters. The average Bonchev–Trinajstić information content (AvgIpc) is 3.50. The van der Waals surface area contributed by atoms with Gasteiger partial charge in [-0.05, 0) is 56.8 Å². The lowest BCUT2D eigenvalue weighted by Crippen LogP contribution is -2.51. The van der Waals surface area contributed by atoms with Crippen LogP contribution in [-0.4, -0.2) is 82.2 Å². The summed E-state index contributed by atoms with van der Waals surface area (Å²) >= 11 is 0. The highest BCUT2D eigenvalue weighted by atomic mass is 19.1. The second-order valence-electron chi connectivity index (χ2n) is 13.7. The van der Waals surface area contributed by atoms with Crippen LogP contribution in [0.5, 0.6) is 6.01 Å². The number of hydrogen-bond acceptors (Lipinski definition) is 8. The topological polar surface area (TPSA) is 89.6 Å². The maximum atomic E-state index is 16.9. The van der Waals surface area contributed by atoms with E-state index in [9.17, 15) is 8.78 Å². The van der Waals surface area contributed by atoms with Crippen molar-refractivity contribution in [3.63, 3.8) is 0 Å². The molecule has 3 aliphatic heterocycles. The van der Waals surface area contributed by atoms with Crippen molar-refractivity contribution < 1.29 is 27.0 Å². The van der Waals surface area contributed by atoms with Gasteiger partial charge in [-0.2, -0.15) is 9.97 Å². The van der Waals surface area contributed by atoms with Crippen LogP contribution in [0.3, 0.4) is 0 Å². The number of alkyl halides is 2. The highest BCUT2D eigenvalue weighted by Crippen LogP contribution is 2.49. The van der Waals surface area contributed by atoms with Crippen LogP contribution in [0.15, 0.2) is 30.5 Å². The van der Waals surface area contributed by atoms with Gasteiger partial charge in [0.15, 0.2) is 5.82 Å². The molecule has 8 nitrogen and oxygen atoms in total. The lowest BCUT2D eigenvalue weighted by Gasteiger charge is -2.38. The fraction of sp³-hybridized carbons (Fsp3) is 0.457. The zero-order valence-corrected chi connectivity index (χ0v) is 26.1. The van der Waals surface area contributed by atoms with Crippen molar-refractivity contribution in [1.29, 1.82) is 0 Å². The number of nitrogen functional groups attached to an aromatic ring is 1. The molecular weight excluding hydrogens is 612 g/mol. The largest absolute Gasteiger partial charge is 0.461 e. The first kappa shape index (κ1) is 30.1. The Balaban J connectivity index is 1.28. The number of anilines is 2. The van der Waals surface area contributed by atoms with E-state index in [2.05, 4.69) is 20.8 Å². The molecule has 12 heteroatoms. The Morgan fingerprint density at radius 2 is 2.00 bits per heavy atom. The molecule has 244 valence electrons. The number of fused-ring (bicyclic) bond motifs is 4. The van der Waals surface area contributed by atoms with E-state index >= 15 is 8.78 Å². The Morgan fingerprint density at radius 3 is 2.81 bits per heavy atom. The minimum atomic E-state index is -1.13. The molecule has 0 unspecified atom stereocenters. The summed E-state index contributed by atoms with van der Waals surface area (Å²) in [7, 11) is 0. The molecule has 8 rings (SSSR count). The molecule has 0 amide bonds. The van der Waals surface area contributed by atoms with Crippen LogP contribution in [-0.2, 0) is 4.74 Å². The lowest BCUT2D eigenvalue weighted by atomic mass is 9.93. The van der Waals surface area contributed by atoms with Crippen molar-refractivity contribution in [1.82, 2.24) is 19.9 Å². The average molecular weight is 647 g/mol. The van der Waals surface area contributed by atoms with Gasteiger partial charge in [-0.25, -0.2) is 17.6 Å². The quantitative estimate of drug-likeness (QED) is 0.171. The van der Waals surface area contributed by atoms with Gasteiger partial charge in [0.2, 0.25) is 0 Å². The fourth-order valence-corrected chi connectivity index (χ4v) is 8.18. The fourth-order valence-electron chi connectivity index (χ4n) is 8.18. The van der Waals surface area contributed by atoms with E-state index < -0.39 is 41.1 Å². The van der Waals surface area contributed by atoms with Crippen molar-refractivity contribution in [2.24, 2.45) is 5.92 Å². The third kappa shape index (κ3) is 4.53. The summed E-state index contributed by atoms with van der Waals surface area (Å²) in [5.74, 6) is 0.850. The van der Waals surface area contributed by atoms with E-state index in [1.165, 1.54) is 24.4 Å². The summed E-state index contributed by atoms with van der Waals surface area (Å²) in [6, 6.07) is 5.27. The van der Waals surface area contributed by atoms with E-state index in [4.69, 9.17) is 26.6 Å². The number of halogens is 4. The molecule has 2 aromatic heterocycles. The van der Waals surface area contributed by atoms with Gasteiger partial charge in [0, 0.05) is 47.3 Å². The monoisotopic (exact) mass is 646 g/mol. The van der Waals surface area contributed by atoms with Crippen LogP contribution in [0.1, 0.15) is 38.7 Å². The number of benzene rings is 2. The number of nitrogens with two attached hydrogens (primary N) is 1. The van der Waals surface area contributed by atoms with Gasteiger partial charge in [-0.15, -0.1) is 6.42 Å². The number of aromatic nitrogens is 3. The molecule has 4 aliphatic rings. The van der Waals surface area contributed by atoms with Gasteiger partial charge in [0.1, 0.15) is 41.8 Å². The maximum absolute atomic E-state index is 16.9. The molecule has 0 spiro atoms. The predicted molar refractivity (Wildman–Crippen MR) is 171 cm³/mol. The highest BCUT2D eigenvalue weighted by molar-refractivity contribution is 6.03. The Morgan fingerprint density at radius 1 is 1.17 bits per heavy atom. The summed E-state index contributed by atoms with van der Waals surface area (Å²) < 4.78 is 73.8. The van der Waals surface area contributed by atoms with Gasteiger partial charge in [-0.3, -0.25) is 9.88 Å². The van der Waals surface area contributed by atoms with E-state index in [0.717, 1.165) is 19.4 Å². The number of hydrogen-bond donors (Lipinski definition) is 1. The zero-order valence-electron chi connectivity index (χ0n) is 26.1. The van der Waals surface area contributed by atoms with E-state index in [1.54, 1.807) is 11.0 Å². The summed E-state index contributed by atoms with van der Waals surface area (Å²) in [5.41, 5.74) is 5.19. The number of terminal acetylenes is 1. The molecule has 0 radical (unpaired) electrons. The molecule has 2 aromatic carbocycles. The summed E-state index contributed by atoms with van der Waals surface area (Å²) in [5, 5.41) is 1.06. The van der Waals surface area contributed by atoms with Gasteiger partial charge in [0.05, 0.1) is 35.7 Å². The van der Waals surface area contributed by atoms with Crippen LogP contribution in [0.4, 0.5) is 29.1 Å². The first-order valence-electron chi connectivity index (χ1n) is 15.9. The highest BCUT2D eigenvalue weighted by Gasteiger charge is 2.59. The van der Waals surface area contributed by atoms with E-state index in [0.29, 0.717) is 30.6 Å². The van der Waals surface area contributed by atoms with Crippen LogP contribution < -0.4 is 15.4 Å². The molecule has 47 heavy (non-hydrogen) atoms. The van der Waals surface area contributed by atoms with Crippen molar-refractivity contribution in [2.45, 2.75) is 62.6 Å². The summed E-state index contributed by atoms with van der Waals surface area (Å²) in [6.45, 7) is 5.57. The number of ether oxygens (including phenoxy) is 2. The van der Waals surface area contributed by atoms with Crippen LogP contribution in [0.25, 0.3) is 32.9 Å². The lowest BCUT2D eigenvalue weighted by molar-refractivity contribution is 0.0450. The molecule has 3 saturated heterocycles. The molecule has 0 bridgehead atoms. The Kier molecular flexibility index (Phi) is 6.83. The van der Waals surface area contributed by atoms with Crippen molar-refractivity contribution in [3.8, 4) is 29.6 Å². The van der Waals surface area contributed by atoms with Gasteiger partial charge < -0.3 is 20.1 Å². The standard InChI is InChI=1S/C35H34F4N6O2/c1-4-20-24(36)7-6-18-12-19(40)13-21(26(18)20)29-28(39)30-22(15-41-29)32(44-10-11-46-16-23-27(38)31(23)44)43-33(42-30)47-17-35-8-5-9-45(35)34(2,3)25(37)14-35/h1,6-7,12-13,15,23,25,27,31H,5,8-11,14,16-17,40H2,2-3H3/t23-,25+,27-,31-,35-/m0/s1. The van der Waals surface area contributed by atoms with Crippen LogP contribution in [0, 0.1) is 29.9 Å². The number of nitrogens with zero attached hydrogens (tertiary/aromatic N) is 5. The Labute approximate surface area is 269 Å². The molecule has 4 fully saturated rings. The van der Waals surface area contributed by atoms with Crippen molar-refractivity contribution in [2.75, 3.05) is 43.5 Å². The predicted octanol–water partition coefficient (Wildman–Crippen LogP) is 5.59. The van der Waals surface area contributed by atoms with E-state index in [-0.39, 0.29) is 64.1 Å². The smallest absolute Gasteiger partial charge is 0.319 e. The molecular formula is C35H34F4N6O2. The van der Waals surface area contributed by atoms with Gasteiger partial charge in [-0.1, -0.05) is 12.0 Å². The van der Waals surface area contributed by atoms with Crippen LogP contribution >= 0.6 is 0 Å². The van der Waals surface area contributed by atoms with Crippen molar-refractivity contribution in [3.05, 3.63) is 47.7 Å². The van der Waals surface area contributed by atoms with Gasteiger partial charge in [0.25, 0.3) is 0 Å². The number of rotatable bonds is 5. The molecule has 4 aromatic rings. The maximum Gasteiger partial charge on any atom is 0.319 e.